The molecule has 29 heavy (non-hydrogen) atoms. The molecule has 1 saturated heterocycles. The lowest BCUT2D eigenvalue weighted by Gasteiger charge is -2.31. The van der Waals surface area contributed by atoms with E-state index in [-0.39, 0.29) is 18.0 Å². The van der Waals surface area contributed by atoms with Gasteiger partial charge in [0.2, 0.25) is 0 Å². The number of nitrogens with one attached hydrogen (secondary N) is 1. The van der Waals surface area contributed by atoms with E-state index >= 15 is 0 Å². The predicted molar refractivity (Wildman–Crippen MR) is 112 cm³/mol. The monoisotopic (exact) mass is 426 g/mol. The minimum Gasteiger partial charge on any atom is -0.490 e. The van der Waals surface area contributed by atoms with Gasteiger partial charge in [-0.05, 0) is 45.2 Å². The third-order valence-corrected chi connectivity index (χ3v) is 4.95. The number of amides is 2. The molecule has 1 aliphatic heterocycles. The standard InChI is InChI=1S/C21H31ClN2O5/c1-4-7-12-29-19-17(22)13-15(14-18(19)27-5-2)20(25)23-16-8-10-24(11-9-16)21(26)28-6-3/h13-14,16H,4-12H2,1-3H3,(H,23,25). The van der Waals surface area contributed by atoms with Gasteiger partial charge in [0, 0.05) is 24.7 Å². The van der Waals surface area contributed by atoms with E-state index in [2.05, 4.69) is 12.2 Å². The minimum atomic E-state index is -0.302. The SMILES string of the molecule is CCCCOc1c(Cl)cc(C(=O)NC2CCN(C(=O)OCC)CC2)cc1OCC. The van der Waals surface area contributed by atoms with Crippen LogP contribution in [-0.2, 0) is 4.74 Å². The summed E-state index contributed by atoms with van der Waals surface area (Å²) in [7, 11) is 0. The molecule has 162 valence electrons. The van der Waals surface area contributed by atoms with Crippen LogP contribution in [0.5, 0.6) is 11.5 Å². The van der Waals surface area contributed by atoms with Gasteiger partial charge in [-0.2, -0.15) is 0 Å². The molecule has 0 radical (unpaired) electrons. The van der Waals surface area contributed by atoms with Gasteiger partial charge in [-0.1, -0.05) is 24.9 Å². The first-order chi connectivity index (χ1) is 14.0. The normalized spacial score (nSPS) is 14.4. The van der Waals surface area contributed by atoms with E-state index < -0.39 is 0 Å². The Balaban J connectivity index is 2.00. The molecule has 1 fully saturated rings. The van der Waals surface area contributed by atoms with Gasteiger partial charge in [0.25, 0.3) is 5.91 Å². The topological polar surface area (TPSA) is 77.1 Å². The van der Waals surface area contributed by atoms with Gasteiger partial charge in [-0.25, -0.2) is 4.79 Å². The Labute approximate surface area is 177 Å². The smallest absolute Gasteiger partial charge is 0.409 e. The molecule has 2 rings (SSSR count). The fraction of sp³-hybridized carbons (Fsp3) is 0.619. The minimum absolute atomic E-state index is 0.0111. The zero-order valence-electron chi connectivity index (χ0n) is 17.5. The fourth-order valence-electron chi connectivity index (χ4n) is 3.11. The van der Waals surface area contributed by atoms with Crippen LogP contribution in [0.15, 0.2) is 12.1 Å². The van der Waals surface area contributed by atoms with Crippen LogP contribution in [0, 0.1) is 0 Å². The zero-order chi connectivity index (χ0) is 21.2. The second kappa shape index (κ2) is 11.8. The first kappa shape index (κ1) is 23.1. The van der Waals surface area contributed by atoms with Crippen molar-refractivity contribution in [1.82, 2.24) is 10.2 Å². The second-order valence-corrected chi connectivity index (χ2v) is 7.26. The number of benzene rings is 1. The number of piperidine rings is 1. The molecule has 0 aromatic heterocycles. The van der Waals surface area contributed by atoms with E-state index in [0.29, 0.717) is 67.8 Å². The second-order valence-electron chi connectivity index (χ2n) is 6.85. The van der Waals surface area contributed by atoms with Crippen LogP contribution in [0.3, 0.4) is 0 Å². The van der Waals surface area contributed by atoms with Crippen molar-refractivity contribution < 1.29 is 23.8 Å². The molecule has 2 amide bonds. The molecule has 0 bridgehead atoms. The highest BCUT2D eigenvalue weighted by Crippen LogP contribution is 2.37. The number of rotatable bonds is 9. The molecular weight excluding hydrogens is 396 g/mol. The lowest BCUT2D eigenvalue weighted by molar-refractivity contribution is 0.0859. The highest BCUT2D eigenvalue weighted by atomic mass is 35.5. The van der Waals surface area contributed by atoms with Gasteiger partial charge < -0.3 is 24.4 Å². The average Bonchev–Trinajstić information content (AvgIpc) is 2.70. The maximum Gasteiger partial charge on any atom is 0.409 e. The number of unbranched alkanes of at least 4 members (excludes halogenated alkanes) is 1. The molecule has 0 aliphatic carbocycles. The van der Waals surface area contributed by atoms with Crippen LogP contribution < -0.4 is 14.8 Å². The molecule has 1 aromatic carbocycles. The van der Waals surface area contributed by atoms with Gasteiger partial charge in [0.05, 0.1) is 24.8 Å². The lowest BCUT2D eigenvalue weighted by atomic mass is 10.0. The van der Waals surface area contributed by atoms with Gasteiger partial charge in [0.1, 0.15) is 0 Å². The van der Waals surface area contributed by atoms with E-state index in [1.165, 1.54) is 0 Å². The molecule has 1 N–H and O–H groups in total. The number of carbonyl (C=O) groups is 2. The van der Waals surface area contributed by atoms with Crippen molar-refractivity contribution in [3.05, 3.63) is 22.7 Å². The van der Waals surface area contributed by atoms with Crippen LogP contribution in [0.25, 0.3) is 0 Å². The van der Waals surface area contributed by atoms with E-state index in [1.54, 1.807) is 24.0 Å². The van der Waals surface area contributed by atoms with Crippen molar-refractivity contribution in [3.8, 4) is 11.5 Å². The van der Waals surface area contributed by atoms with E-state index in [4.69, 9.17) is 25.8 Å². The number of nitrogens with zero attached hydrogens (tertiary/aromatic N) is 1. The summed E-state index contributed by atoms with van der Waals surface area (Å²) in [6, 6.07) is 3.26. The van der Waals surface area contributed by atoms with Gasteiger partial charge in [0.15, 0.2) is 11.5 Å². The summed E-state index contributed by atoms with van der Waals surface area (Å²) >= 11 is 6.38. The van der Waals surface area contributed by atoms with Crippen molar-refractivity contribution in [2.24, 2.45) is 0 Å². The summed E-state index contributed by atoms with van der Waals surface area (Å²) in [4.78, 5) is 26.2. The summed E-state index contributed by atoms with van der Waals surface area (Å²) in [6.45, 7) is 8.19. The van der Waals surface area contributed by atoms with Gasteiger partial charge >= 0.3 is 6.09 Å². The molecule has 7 nitrogen and oxygen atoms in total. The van der Waals surface area contributed by atoms with Crippen LogP contribution in [0.2, 0.25) is 5.02 Å². The number of hydrogen-bond acceptors (Lipinski definition) is 5. The highest BCUT2D eigenvalue weighted by molar-refractivity contribution is 6.32. The van der Waals surface area contributed by atoms with E-state index in [1.807, 2.05) is 6.92 Å². The summed E-state index contributed by atoms with van der Waals surface area (Å²) in [5.74, 6) is 0.724. The van der Waals surface area contributed by atoms with Crippen LogP contribution in [0.1, 0.15) is 56.8 Å². The lowest BCUT2D eigenvalue weighted by Crippen LogP contribution is -2.46. The first-order valence-electron chi connectivity index (χ1n) is 10.3. The Morgan fingerprint density at radius 1 is 1.14 bits per heavy atom. The maximum absolute atomic E-state index is 12.7. The number of carbonyl (C=O) groups excluding carboxylic acids is 2. The predicted octanol–water partition coefficient (Wildman–Crippen LogP) is 4.27. The molecule has 1 heterocycles. The van der Waals surface area contributed by atoms with Crippen molar-refractivity contribution >= 4 is 23.6 Å². The first-order valence-corrected chi connectivity index (χ1v) is 10.7. The molecule has 0 atom stereocenters. The van der Waals surface area contributed by atoms with Crippen molar-refractivity contribution in [2.45, 2.75) is 52.5 Å². The molecule has 8 heteroatoms. The number of halogens is 1. The van der Waals surface area contributed by atoms with Crippen LogP contribution >= 0.6 is 11.6 Å². The molecule has 1 aliphatic rings. The fourth-order valence-corrected chi connectivity index (χ4v) is 3.38. The van der Waals surface area contributed by atoms with Crippen LogP contribution in [0.4, 0.5) is 4.79 Å². The molecule has 0 unspecified atom stereocenters. The Kier molecular flexibility index (Phi) is 9.38. The van der Waals surface area contributed by atoms with E-state index in [9.17, 15) is 9.59 Å². The highest BCUT2D eigenvalue weighted by Gasteiger charge is 2.25. The molecule has 1 aromatic rings. The van der Waals surface area contributed by atoms with Crippen molar-refractivity contribution in [1.29, 1.82) is 0 Å². The largest absolute Gasteiger partial charge is 0.490 e. The summed E-state index contributed by atoms with van der Waals surface area (Å²) in [6.07, 6.45) is 2.97. The van der Waals surface area contributed by atoms with Crippen LogP contribution in [-0.4, -0.2) is 55.9 Å². The average molecular weight is 427 g/mol. The molecular formula is C21H31ClN2O5. The zero-order valence-corrected chi connectivity index (χ0v) is 18.2. The third kappa shape index (κ3) is 6.70. The number of ether oxygens (including phenoxy) is 3. The van der Waals surface area contributed by atoms with Gasteiger partial charge in [-0.15, -0.1) is 0 Å². The van der Waals surface area contributed by atoms with Crippen molar-refractivity contribution in [3.63, 3.8) is 0 Å². The molecule has 0 spiro atoms. The summed E-state index contributed by atoms with van der Waals surface area (Å²) in [5, 5.41) is 3.38. The number of likely N-dealkylation sites (tertiary alicyclic amines) is 1. The Hall–Kier alpha value is -2.15. The number of hydrogen-bond donors (Lipinski definition) is 1. The Morgan fingerprint density at radius 3 is 2.48 bits per heavy atom. The summed E-state index contributed by atoms with van der Waals surface area (Å²) < 4.78 is 16.4. The maximum atomic E-state index is 12.7. The van der Waals surface area contributed by atoms with Gasteiger partial charge in [-0.3, -0.25) is 4.79 Å². The summed E-state index contributed by atoms with van der Waals surface area (Å²) in [5.41, 5.74) is 0.425. The molecule has 0 saturated carbocycles. The Bertz CT molecular complexity index is 690. The van der Waals surface area contributed by atoms with Crippen molar-refractivity contribution in [2.75, 3.05) is 32.9 Å². The third-order valence-electron chi connectivity index (χ3n) is 4.67. The Morgan fingerprint density at radius 2 is 1.86 bits per heavy atom. The van der Waals surface area contributed by atoms with E-state index in [0.717, 1.165) is 12.8 Å². The quantitative estimate of drug-likeness (QED) is 0.596.